The highest BCUT2D eigenvalue weighted by Gasteiger charge is 2.24. The minimum absolute atomic E-state index is 0.0936. The summed E-state index contributed by atoms with van der Waals surface area (Å²) < 4.78 is 36.4. The van der Waals surface area contributed by atoms with Gasteiger partial charge in [0.05, 0.1) is 17.5 Å². The second-order valence-electron chi connectivity index (χ2n) is 5.44. The molecule has 0 spiro atoms. The van der Waals surface area contributed by atoms with Crippen molar-refractivity contribution >= 4 is 38.9 Å². The van der Waals surface area contributed by atoms with E-state index < -0.39 is 15.9 Å². The zero-order valence-corrected chi connectivity index (χ0v) is 17.2. The fourth-order valence-electron chi connectivity index (χ4n) is 1.96. The maximum Gasteiger partial charge on any atom is 0.252 e. The molecule has 0 saturated heterocycles. The summed E-state index contributed by atoms with van der Waals surface area (Å²) in [5, 5.41) is 2.66. The van der Waals surface area contributed by atoms with Crippen LogP contribution in [-0.2, 0) is 26.1 Å². The van der Waals surface area contributed by atoms with Crippen molar-refractivity contribution in [3.05, 3.63) is 40.4 Å². The molecular formula is C16H20ClN3O5S2. The summed E-state index contributed by atoms with van der Waals surface area (Å²) >= 11 is 6.72. The van der Waals surface area contributed by atoms with E-state index in [1.165, 1.54) is 19.2 Å². The van der Waals surface area contributed by atoms with Crippen LogP contribution in [0.5, 0.6) is 5.88 Å². The third kappa shape index (κ3) is 6.43. The van der Waals surface area contributed by atoms with Crippen LogP contribution in [0, 0.1) is 0 Å². The standard InChI is InChI=1S/C16H20ClN3O5S2/c1-20(27(22,23)16-6-4-13(17)26-16)11-14(21)18-9-12-3-5-15(19-10-12)25-8-7-24-2/h3-6,10H,7-9,11H2,1-2H3,(H,18,21). The van der Waals surface area contributed by atoms with E-state index in [1.807, 2.05) is 0 Å². The van der Waals surface area contributed by atoms with E-state index >= 15 is 0 Å². The molecule has 0 aliphatic rings. The number of pyridine rings is 1. The smallest absolute Gasteiger partial charge is 0.252 e. The highest BCUT2D eigenvalue weighted by atomic mass is 35.5. The van der Waals surface area contributed by atoms with E-state index in [0.29, 0.717) is 23.4 Å². The quantitative estimate of drug-likeness (QED) is 0.573. The lowest BCUT2D eigenvalue weighted by Crippen LogP contribution is -2.37. The molecule has 0 aromatic carbocycles. The second-order valence-corrected chi connectivity index (χ2v) is 9.43. The number of sulfonamides is 1. The molecule has 0 unspecified atom stereocenters. The van der Waals surface area contributed by atoms with Crippen LogP contribution in [0.25, 0.3) is 0 Å². The number of ether oxygens (including phenoxy) is 2. The molecular weight excluding hydrogens is 414 g/mol. The Balaban J connectivity index is 1.83. The number of nitrogens with zero attached hydrogens (tertiary/aromatic N) is 2. The molecule has 0 fully saturated rings. The summed E-state index contributed by atoms with van der Waals surface area (Å²) in [5.74, 6) is 0.0340. The minimum atomic E-state index is -3.75. The van der Waals surface area contributed by atoms with Gasteiger partial charge < -0.3 is 14.8 Å². The molecule has 0 aliphatic carbocycles. The van der Waals surface area contributed by atoms with Crippen molar-refractivity contribution in [2.45, 2.75) is 10.8 Å². The number of carbonyl (C=O) groups is 1. The molecule has 0 bridgehead atoms. The third-order valence-corrected chi connectivity index (χ3v) is 6.91. The Bertz CT molecular complexity index is 855. The number of rotatable bonds is 10. The van der Waals surface area contributed by atoms with Crippen LogP contribution in [0.1, 0.15) is 5.56 Å². The lowest BCUT2D eigenvalue weighted by Gasteiger charge is -2.15. The summed E-state index contributed by atoms with van der Waals surface area (Å²) in [6.45, 7) is 0.788. The van der Waals surface area contributed by atoms with Gasteiger partial charge in [-0.1, -0.05) is 17.7 Å². The van der Waals surface area contributed by atoms with Gasteiger partial charge in [-0.05, 0) is 17.7 Å². The van der Waals surface area contributed by atoms with Gasteiger partial charge in [0.25, 0.3) is 10.0 Å². The topological polar surface area (TPSA) is 97.8 Å². The minimum Gasteiger partial charge on any atom is -0.475 e. The maximum absolute atomic E-state index is 12.4. The molecule has 148 valence electrons. The highest BCUT2D eigenvalue weighted by Crippen LogP contribution is 2.27. The summed E-state index contributed by atoms with van der Waals surface area (Å²) in [7, 11) is -0.818. The first-order valence-electron chi connectivity index (χ1n) is 7.88. The predicted molar refractivity (Wildman–Crippen MR) is 103 cm³/mol. The van der Waals surface area contributed by atoms with Gasteiger partial charge in [-0.3, -0.25) is 4.79 Å². The Morgan fingerprint density at radius 2 is 2.07 bits per heavy atom. The molecule has 2 heterocycles. The van der Waals surface area contributed by atoms with E-state index in [0.717, 1.165) is 21.2 Å². The Morgan fingerprint density at radius 3 is 2.67 bits per heavy atom. The largest absolute Gasteiger partial charge is 0.475 e. The van der Waals surface area contributed by atoms with E-state index in [-0.39, 0.29) is 17.3 Å². The summed E-state index contributed by atoms with van der Waals surface area (Å²) in [4.78, 5) is 16.2. The molecule has 1 amide bonds. The van der Waals surface area contributed by atoms with Gasteiger partial charge in [-0.2, -0.15) is 4.31 Å². The summed E-state index contributed by atoms with van der Waals surface area (Å²) in [5.41, 5.74) is 0.762. The van der Waals surface area contributed by atoms with Gasteiger partial charge in [0.2, 0.25) is 11.8 Å². The molecule has 0 atom stereocenters. The molecule has 0 radical (unpaired) electrons. The van der Waals surface area contributed by atoms with Crippen molar-refractivity contribution in [1.29, 1.82) is 0 Å². The first-order chi connectivity index (χ1) is 12.8. The Morgan fingerprint density at radius 1 is 1.30 bits per heavy atom. The normalized spacial score (nSPS) is 11.6. The molecule has 27 heavy (non-hydrogen) atoms. The van der Waals surface area contributed by atoms with Crippen LogP contribution < -0.4 is 10.1 Å². The number of amides is 1. The van der Waals surface area contributed by atoms with E-state index in [1.54, 1.807) is 25.4 Å². The van der Waals surface area contributed by atoms with Crippen molar-refractivity contribution in [3.8, 4) is 5.88 Å². The van der Waals surface area contributed by atoms with Crippen LogP contribution >= 0.6 is 22.9 Å². The summed E-state index contributed by atoms with van der Waals surface area (Å²) in [6.07, 6.45) is 1.58. The van der Waals surface area contributed by atoms with Crippen LogP contribution in [0.15, 0.2) is 34.7 Å². The van der Waals surface area contributed by atoms with Crippen LogP contribution in [0.4, 0.5) is 0 Å². The van der Waals surface area contributed by atoms with Gasteiger partial charge in [-0.15, -0.1) is 11.3 Å². The van der Waals surface area contributed by atoms with Gasteiger partial charge in [0.15, 0.2) is 0 Å². The molecule has 2 aromatic rings. The van der Waals surface area contributed by atoms with Crippen LogP contribution in [-0.4, -0.2) is 57.5 Å². The number of hydrogen-bond acceptors (Lipinski definition) is 7. The lowest BCUT2D eigenvalue weighted by atomic mass is 10.3. The number of hydrogen-bond donors (Lipinski definition) is 1. The number of halogens is 1. The fraction of sp³-hybridized carbons (Fsp3) is 0.375. The summed E-state index contributed by atoms with van der Waals surface area (Å²) in [6, 6.07) is 6.37. The molecule has 8 nitrogen and oxygen atoms in total. The van der Waals surface area contributed by atoms with Crippen molar-refractivity contribution in [1.82, 2.24) is 14.6 Å². The average Bonchev–Trinajstić information content (AvgIpc) is 3.08. The van der Waals surface area contributed by atoms with Crippen molar-refractivity contribution in [2.75, 3.05) is 33.9 Å². The van der Waals surface area contributed by atoms with E-state index in [4.69, 9.17) is 21.1 Å². The SMILES string of the molecule is COCCOc1ccc(CNC(=O)CN(C)S(=O)(=O)c2ccc(Cl)s2)cn1. The number of nitrogens with one attached hydrogen (secondary N) is 1. The number of likely N-dealkylation sites (N-methyl/N-ethyl adjacent to an activating group) is 1. The lowest BCUT2D eigenvalue weighted by molar-refractivity contribution is -0.121. The average molecular weight is 434 g/mol. The molecule has 1 N–H and O–H groups in total. The molecule has 2 rings (SSSR count). The molecule has 2 aromatic heterocycles. The monoisotopic (exact) mass is 433 g/mol. The second kappa shape index (κ2) is 10.00. The maximum atomic E-state index is 12.4. The zero-order chi connectivity index (χ0) is 19.9. The third-order valence-electron chi connectivity index (χ3n) is 3.40. The number of methoxy groups -OCH3 is 1. The molecule has 11 heteroatoms. The van der Waals surface area contributed by atoms with Crippen molar-refractivity contribution < 1.29 is 22.7 Å². The van der Waals surface area contributed by atoms with Gasteiger partial charge in [0, 0.05) is 33.0 Å². The zero-order valence-electron chi connectivity index (χ0n) is 14.8. The predicted octanol–water partition coefficient (Wildman–Crippen LogP) is 1.76. The van der Waals surface area contributed by atoms with Gasteiger partial charge in [0.1, 0.15) is 10.8 Å². The van der Waals surface area contributed by atoms with Crippen LogP contribution in [0.3, 0.4) is 0 Å². The molecule has 0 aliphatic heterocycles. The van der Waals surface area contributed by atoms with Gasteiger partial charge >= 0.3 is 0 Å². The van der Waals surface area contributed by atoms with Crippen molar-refractivity contribution in [2.24, 2.45) is 0 Å². The van der Waals surface area contributed by atoms with Crippen molar-refractivity contribution in [3.63, 3.8) is 0 Å². The number of aromatic nitrogens is 1. The number of carbonyl (C=O) groups excluding carboxylic acids is 1. The van der Waals surface area contributed by atoms with Gasteiger partial charge in [-0.25, -0.2) is 13.4 Å². The first kappa shape index (κ1) is 21.6. The van der Waals surface area contributed by atoms with Crippen LogP contribution in [0.2, 0.25) is 4.34 Å². The first-order valence-corrected chi connectivity index (χ1v) is 10.5. The highest BCUT2D eigenvalue weighted by molar-refractivity contribution is 7.91. The molecule has 0 saturated carbocycles. The Labute approximate surface area is 167 Å². The Kier molecular flexibility index (Phi) is 7.99. The van der Waals surface area contributed by atoms with E-state index in [2.05, 4.69) is 10.3 Å². The number of thiophene rings is 1. The Hall–Kier alpha value is -1.72. The van der Waals surface area contributed by atoms with E-state index in [9.17, 15) is 13.2 Å². The fourth-order valence-corrected chi connectivity index (χ4v) is 4.78.